The van der Waals surface area contributed by atoms with Crippen molar-refractivity contribution >= 4 is 5.69 Å². The highest BCUT2D eigenvalue weighted by Crippen LogP contribution is 2.28. The molecule has 0 spiro atoms. The Morgan fingerprint density at radius 1 is 1.00 bits per heavy atom. The highest BCUT2D eigenvalue weighted by Gasteiger charge is 2.26. The van der Waals surface area contributed by atoms with Crippen LogP contribution in [-0.2, 0) is 0 Å². The number of aryl methyl sites for hydroxylation is 1. The summed E-state index contributed by atoms with van der Waals surface area (Å²) in [5, 5.41) is 0. The van der Waals surface area contributed by atoms with Gasteiger partial charge in [0.2, 0.25) is 0 Å². The molecule has 0 bridgehead atoms. The van der Waals surface area contributed by atoms with Crippen molar-refractivity contribution in [2.45, 2.75) is 25.8 Å². The first-order valence-corrected chi connectivity index (χ1v) is 8.49. The first-order chi connectivity index (χ1) is 10.7. The maximum atomic E-state index is 5.46. The number of ether oxygens (including phenoxy) is 1. The molecule has 2 saturated heterocycles. The molecule has 2 aliphatic heterocycles. The van der Waals surface area contributed by atoms with E-state index in [1.165, 1.54) is 50.3 Å². The predicted molar refractivity (Wildman–Crippen MR) is 92.0 cm³/mol. The normalized spacial score (nSPS) is 22.0. The summed E-state index contributed by atoms with van der Waals surface area (Å²) in [4.78, 5) is 7.64. The molecule has 4 nitrogen and oxygen atoms in total. The second-order valence-electron chi connectivity index (χ2n) is 6.71. The van der Waals surface area contributed by atoms with Crippen molar-refractivity contribution in [2.75, 3.05) is 58.3 Å². The monoisotopic (exact) mass is 303 g/mol. The lowest BCUT2D eigenvalue weighted by molar-refractivity contribution is 0.0982. The maximum absolute atomic E-state index is 5.46. The van der Waals surface area contributed by atoms with E-state index in [1.807, 2.05) is 0 Å². The minimum absolute atomic E-state index is 0.775. The number of methoxy groups -OCH3 is 1. The van der Waals surface area contributed by atoms with Gasteiger partial charge in [0.15, 0.2) is 0 Å². The van der Waals surface area contributed by atoms with Gasteiger partial charge in [0.25, 0.3) is 0 Å². The molecule has 0 atom stereocenters. The first-order valence-electron chi connectivity index (χ1n) is 8.49. The van der Waals surface area contributed by atoms with Crippen molar-refractivity contribution < 1.29 is 4.74 Å². The minimum Gasteiger partial charge on any atom is -0.496 e. The van der Waals surface area contributed by atoms with E-state index in [0.717, 1.165) is 24.9 Å². The van der Waals surface area contributed by atoms with E-state index < -0.39 is 0 Å². The smallest absolute Gasteiger partial charge is 0.123 e. The van der Waals surface area contributed by atoms with Crippen LogP contribution in [0.3, 0.4) is 0 Å². The molecule has 0 unspecified atom stereocenters. The molecule has 0 N–H and O–H groups in total. The Kier molecular flexibility index (Phi) is 4.89. The SMILES string of the molecule is COc1cc(N2CCC(N3CCN(C)CC3)CC2)ccc1C. The Bertz CT molecular complexity index is 489. The number of benzene rings is 1. The maximum Gasteiger partial charge on any atom is 0.123 e. The standard InChI is InChI=1S/C18H29N3O/c1-15-4-5-17(14-18(15)22-3)20-8-6-16(7-9-20)21-12-10-19(2)11-13-21/h4-5,14,16H,6-13H2,1-3H3. The Labute approximate surface area is 134 Å². The zero-order chi connectivity index (χ0) is 15.5. The summed E-state index contributed by atoms with van der Waals surface area (Å²) in [6.45, 7) is 9.32. The van der Waals surface area contributed by atoms with Gasteiger partial charge in [-0.15, -0.1) is 0 Å². The van der Waals surface area contributed by atoms with Gasteiger partial charge in [0, 0.05) is 57.1 Å². The second-order valence-corrected chi connectivity index (χ2v) is 6.71. The zero-order valence-corrected chi connectivity index (χ0v) is 14.2. The van der Waals surface area contributed by atoms with Gasteiger partial charge in [-0.05, 0) is 38.4 Å². The minimum atomic E-state index is 0.775. The van der Waals surface area contributed by atoms with E-state index >= 15 is 0 Å². The molecule has 0 radical (unpaired) electrons. The molecule has 0 aliphatic carbocycles. The lowest BCUT2D eigenvalue weighted by Gasteiger charge is -2.42. The van der Waals surface area contributed by atoms with Gasteiger partial charge in [-0.25, -0.2) is 0 Å². The number of likely N-dealkylation sites (N-methyl/N-ethyl adjacent to an activating group) is 1. The fourth-order valence-electron chi connectivity index (χ4n) is 3.68. The molecule has 1 aromatic rings. The molecule has 3 rings (SSSR count). The highest BCUT2D eigenvalue weighted by molar-refractivity contribution is 5.53. The van der Waals surface area contributed by atoms with Crippen molar-refractivity contribution in [3.05, 3.63) is 23.8 Å². The zero-order valence-electron chi connectivity index (χ0n) is 14.2. The third kappa shape index (κ3) is 3.39. The lowest BCUT2D eigenvalue weighted by atomic mass is 10.0. The lowest BCUT2D eigenvalue weighted by Crippen LogP contribution is -2.52. The second kappa shape index (κ2) is 6.88. The van der Waals surface area contributed by atoms with Gasteiger partial charge < -0.3 is 14.5 Å². The number of piperidine rings is 1. The molecule has 4 heteroatoms. The van der Waals surface area contributed by atoms with Crippen LogP contribution in [0.2, 0.25) is 0 Å². The molecule has 2 heterocycles. The van der Waals surface area contributed by atoms with E-state index in [1.54, 1.807) is 7.11 Å². The average molecular weight is 303 g/mol. The molecule has 22 heavy (non-hydrogen) atoms. The molecule has 1 aromatic carbocycles. The van der Waals surface area contributed by atoms with Gasteiger partial charge in [0.05, 0.1) is 7.11 Å². The largest absolute Gasteiger partial charge is 0.496 e. The van der Waals surface area contributed by atoms with Crippen molar-refractivity contribution in [1.29, 1.82) is 0 Å². The van der Waals surface area contributed by atoms with Crippen LogP contribution in [0.25, 0.3) is 0 Å². The molecular weight excluding hydrogens is 274 g/mol. The van der Waals surface area contributed by atoms with E-state index in [0.29, 0.717) is 0 Å². The van der Waals surface area contributed by atoms with Crippen LogP contribution in [0.15, 0.2) is 18.2 Å². The van der Waals surface area contributed by atoms with Gasteiger partial charge in [-0.1, -0.05) is 6.07 Å². The number of hydrogen-bond donors (Lipinski definition) is 0. The predicted octanol–water partition coefficient (Wildman–Crippen LogP) is 2.22. The number of nitrogens with zero attached hydrogens (tertiary/aromatic N) is 3. The Hall–Kier alpha value is -1.26. The molecule has 122 valence electrons. The average Bonchev–Trinajstić information content (AvgIpc) is 2.56. The summed E-state index contributed by atoms with van der Waals surface area (Å²) in [6.07, 6.45) is 2.56. The Morgan fingerprint density at radius 3 is 2.32 bits per heavy atom. The topological polar surface area (TPSA) is 19.0 Å². The molecule has 2 fully saturated rings. The Morgan fingerprint density at radius 2 is 1.68 bits per heavy atom. The number of hydrogen-bond acceptors (Lipinski definition) is 4. The number of anilines is 1. The van der Waals surface area contributed by atoms with Crippen molar-refractivity contribution in [3.63, 3.8) is 0 Å². The summed E-state index contributed by atoms with van der Waals surface area (Å²) < 4.78 is 5.46. The summed E-state index contributed by atoms with van der Waals surface area (Å²) in [6, 6.07) is 7.36. The van der Waals surface area contributed by atoms with Gasteiger partial charge in [0.1, 0.15) is 5.75 Å². The van der Waals surface area contributed by atoms with Crippen LogP contribution in [-0.4, -0.2) is 69.3 Å². The van der Waals surface area contributed by atoms with Crippen molar-refractivity contribution in [1.82, 2.24) is 9.80 Å². The highest BCUT2D eigenvalue weighted by atomic mass is 16.5. The van der Waals surface area contributed by atoms with Crippen LogP contribution in [0.5, 0.6) is 5.75 Å². The van der Waals surface area contributed by atoms with E-state index in [9.17, 15) is 0 Å². The van der Waals surface area contributed by atoms with E-state index in [2.05, 4.69) is 46.9 Å². The molecule has 2 aliphatic rings. The fourth-order valence-corrected chi connectivity index (χ4v) is 3.68. The molecule has 0 amide bonds. The van der Waals surface area contributed by atoms with Crippen LogP contribution in [0.4, 0.5) is 5.69 Å². The van der Waals surface area contributed by atoms with Crippen LogP contribution in [0, 0.1) is 6.92 Å². The van der Waals surface area contributed by atoms with Crippen LogP contribution in [0.1, 0.15) is 18.4 Å². The number of rotatable bonds is 3. The fraction of sp³-hybridized carbons (Fsp3) is 0.667. The molecule has 0 saturated carbocycles. The first kappa shape index (κ1) is 15.6. The summed E-state index contributed by atoms with van der Waals surface area (Å²) in [5.41, 5.74) is 2.51. The van der Waals surface area contributed by atoms with Crippen LogP contribution >= 0.6 is 0 Å². The van der Waals surface area contributed by atoms with Gasteiger partial charge in [-0.2, -0.15) is 0 Å². The molecular formula is C18H29N3O. The summed E-state index contributed by atoms with van der Waals surface area (Å²) in [7, 11) is 3.98. The number of piperazine rings is 1. The summed E-state index contributed by atoms with van der Waals surface area (Å²) in [5.74, 6) is 0.999. The van der Waals surface area contributed by atoms with Gasteiger partial charge in [-0.3, -0.25) is 4.90 Å². The third-order valence-corrected chi connectivity index (χ3v) is 5.28. The molecule has 0 aromatic heterocycles. The van der Waals surface area contributed by atoms with Crippen molar-refractivity contribution in [3.8, 4) is 5.75 Å². The van der Waals surface area contributed by atoms with Crippen molar-refractivity contribution in [2.24, 2.45) is 0 Å². The Balaban J connectivity index is 1.57. The van der Waals surface area contributed by atoms with Crippen LogP contribution < -0.4 is 9.64 Å². The quantitative estimate of drug-likeness (QED) is 0.852. The van der Waals surface area contributed by atoms with Gasteiger partial charge >= 0.3 is 0 Å². The van der Waals surface area contributed by atoms with E-state index in [4.69, 9.17) is 4.74 Å². The van der Waals surface area contributed by atoms with E-state index in [-0.39, 0.29) is 0 Å². The summed E-state index contributed by atoms with van der Waals surface area (Å²) >= 11 is 0. The third-order valence-electron chi connectivity index (χ3n) is 5.28.